The number of para-hydroxylation sites is 1. The summed E-state index contributed by atoms with van der Waals surface area (Å²) < 4.78 is 26.1. The maximum atomic E-state index is 15.1. The highest BCUT2D eigenvalue weighted by Gasteiger charge is 2.45. The molecule has 4 nitrogen and oxygen atoms in total. The van der Waals surface area contributed by atoms with Gasteiger partial charge in [0.15, 0.2) is 5.67 Å². The summed E-state index contributed by atoms with van der Waals surface area (Å²) in [6.45, 7) is 5.54. The van der Waals surface area contributed by atoms with Crippen LogP contribution in [-0.2, 0) is 11.2 Å². The monoisotopic (exact) mass is 394 g/mol. The first kappa shape index (κ1) is 18.6. The summed E-state index contributed by atoms with van der Waals surface area (Å²) >= 11 is 0. The van der Waals surface area contributed by atoms with Crippen molar-refractivity contribution in [2.24, 2.45) is 0 Å². The number of nitrogens with zero attached hydrogens (tertiary/aromatic N) is 1. The lowest BCUT2D eigenvalue weighted by molar-refractivity contribution is -0.147. The van der Waals surface area contributed by atoms with Crippen LogP contribution >= 0.6 is 0 Å². The maximum absolute atomic E-state index is 15.1. The number of aromatic amines is 1. The van der Waals surface area contributed by atoms with E-state index in [2.05, 4.69) is 53.2 Å². The molecule has 152 valence electrons. The van der Waals surface area contributed by atoms with Gasteiger partial charge in [-0.2, -0.15) is 0 Å². The summed E-state index contributed by atoms with van der Waals surface area (Å²) in [5, 5.41) is 1.27. The van der Waals surface area contributed by atoms with Crippen molar-refractivity contribution in [3.05, 3.63) is 65.4 Å². The van der Waals surface area contributed by atoms with Gasteiger partial charge in [-0.3, -0.25) is 4.90 Å². The van der Waals surface area contributed by atoms with Crippen molar-refractivity contribution in [1.82, 2.24) is 9.88 Å². The van der Waals surface area contributed by atoms with E-state index in [1.165, 1.54) is 16.6 Å². The van der Waals surface area contributed by atoms with Crippen LogP contribution in [0.3, 0.4) is 0 Å². The Morgan fingerprint density at radius 3 is 2.79 bits per heavy atom. The third kappa shape index (κ3) is 3.22. The minimum absolute atomic E-state index is 0.0465. The Bertz CT molecular complexity index is 1030. The minimum Gasteiger partial charge on any atom is -0.494 e. The number of H-pyrrole nitrogens is 1. The number of ether oxygens (including phenoxy) is 2. The quantitative estimate of drug-likeness (QED) is 0.685. The Morgan fingerprint density at radius 1 is 1.21 bits per heavy atom. The van der Waals surface area contributed by atoms with E-state index in [-0.39, 0.29) is 25.3 Å². The van der Waals surface area contributed by atoms with Crippen LogP contribution in [0.25, 0.3) is 10.9 Å². The van der Waals surface area contributed by atoms with Crippen molar-refractivity contribution < 1.29 is 13.9 Å². The Morgan fingerprint density at radius 2 is 2.03 bits per heavy atom. The first-order valence-electron chi connectivity index (χ1n) is 10.4. The number of aromatic nitrogens is 1. The van der Waals surface area contributed by atoms with Crippen molar-refractivity contribution in [2.75, 3.05) is 26.4 Å². The molecule has 0 amide bonds. The van der Waals surface area contributed by atoms with Crippen molar-refractivity contribution in [2.45, 2.75) is 38.0 Å². The van der Waals surface area contributed by atoms with Gasteiger partial charge in [-0.25, -0.2) is 4.39 Å². The lowest BCUT2D eigenvalue weighted by Crippen LogP contribution is -2.57. The second-order valence-corrected chi connectivity index (χ2v) is 8.34. The molecule has 0 spiro atoms. The van der Waals surface area contributed by atoms with Crippen LogP contribution in [0, 0.1) is 0 Å². The highest BCUT2D eigenvalue weighted by Crippen LogP contribution is 2.42. The molecule has 0 aliphatic carbocycles. The molecule has 2 aliphatic rings. The normalized spacial score (nSPS) is 23.6. The highest BCUT2D eigenvalue weighted by molar-refractivity contribution is 5.85. The predicted octanol–water partition coefficient (Wildman–Crippen LogP) is 4.64. The molecule has 0 radical (unpaired) electrons. The number of benzene rings is 2. The molecule has 0 saturated carbocycles. The molecule has 0 bridgehead atoms. The number of alkyl halides is 1. The number of nitrogens with one attached hydrogen (secondary N) is 1. The van der Waals surface area contributed by atoms with Crippen molar-refractivity contribution in [3.63, 3.8) is 0 Å². The van der Waals surface area contributed by atoms with Gasteiger partial charge in [-0.1, -0.05) is 30.3 Å². The Hall–Kier alpha value is -2.37. The highest BCUT2D eigenvalue weighted by atomic mass is 19.1. The predicted molar refractivity (Wildman–Crippen MR) is 112 cm³/mol. The van der Waals surface area contributed by atoms with E-state index >= 15 is 4.39 Å². The zero-order chi connectivity index (χ0) is 20.0. The van der Waals surface area contributed by atoms with Gasteiger partial charge in [0.05, 0.1) is 25.9 Å². The van der Waals surface area contributed by atoms with Gasteiger partial charge < -0.3 is 14.5 Å². The van der Waals surface area contributed by atoms with Crippen LogP contribution in [0.4, 0.5) is 4.39 Å². The summed E-state index contributed by atoms with van der Waals surface area (Å²) in [7, 11) is 0. The van der Waals surface area contributed by atoms with Gasteiger partial charge in [0.2, 0.25) is 0 Å². The maximum Gasteiger partial charge on any atom is 0.169 e. The van der Waals surface area contributed by atoms with Gasteiger partial charge >= 0.3 is 0 Å². The average molecular weight is 394 g/mol. The molecule has 2 aliphatic heterocycles. The molecule has 5 rings (SSSR count). The summed E-state index contributed by atoms with van der Waals surface area (Å²) in [4.78, 5) is 5.95. The summed E-state index contributed by atoms with van der Waals surface area (Å²) in [6, 6.07) is 16.8. The zero-order valence-electron chi connectivity index (χ0n) is 17.0. The molecule has 29 heavy (non-hydrogen) atoms. The molecule has 5 heteroatoms. The lowest BCUT2D eigenvalue weighted by Gasteiger charge is -2.46. The first-order valence-corrected chi connectivity index (χ1v) is 10.4. The van der Waals surface area contributed by atoms with Crippen LogP contribution in [-0.4, -0.2) is 48.0 Å². The lowest BCUT2D eigenvalue weighted by atomic mass is 9.87. The fourth-order valence-electron chi connectivity index (χ4n) is 4.80. The standard InChI is InChI=1S/C24H27FN2O2/c1-3-29-18-8-6-7-17(12-18)23-22-20(19-9-4-5-10-21(19)26-22)11-16(2)27(23)13-24(25)14-28-15-24/h4-10,12,16,23,26H,3,11,13-15H2,1-2H3/t16-,23-/m1/s1. The van der Waals surface area contributed by atoms with E-state index in [9.17, 15) is 0 Å². The number of hydrogen-bond donors (Lipinski definition) is 1. The molecule has 2 atom stereocenters. The summed E-state index contributed by atoms with van der Waals surface area (Å²) in [5.41, 5.74) is 3.50. The second kappa shape index (κ2) is 7.15. The SMILES string of the molecule is CCOc1cccc([C@@H]2c3[nH]c4ccccc4c3C[C@@H](C)N2CC2(F)COC2)c1. The van der Waals surface area contributed by atoms with Crippen LogP contribution in [0.5, 0.6) is 5.75 Å². The Balaban J connectivity index is 1.64. The molecule has 3 aromatic rings. The van der Waals surface area contributed by atoms with E-state index < -0.39 is 5.67 Å². The van der Waals surface area contributed by atoms with E-state index in [1.54, 1.807) is 0 Å². The van der Waals surface area contributed by atoms with Crippen LogP contribution < -0.4 is 4.74 Å². The third-order valence-electron chi connectivity index (χ3n) is 6.19. The fraction of sp³-hybridized carbons (Fsp3) is 0.417. The largest absolute Gasteiger partial charge is 0.494 e. The molecular formula is C24H27FN2O2. The molecule has 2 aromatic carbocycles. The Kier molecular flexibility index (Phi) is 4.60. The molecule has 1 N–H and O–H groups in total. The van der Waals surface area contributed by atoms with Crippen molar-refractivity contribution in [1.29, 1.82) is 0 Å². The van der Waals surface area contributed by atoms with E-state index in [0.717, 1.165) is 23.3 Å². The number of hydrogen-bond acceptors (Lipinski definition) is 3. The topological polar surface area (TPSA) is 37.5 Å². The van der Waals surface area contributed by atoms with E-state index in [1.807, 2.05) is 19.1 Å². The second-order valence-electron chi connectivity index (χ2n) is 8.34. The van der Waals surface area contributed by atoms with Crippen LogP contribution in [0.1, 0.15) is 36.7 Å². The average Bonchev–Trinajstić information content (AvgIpc) is 3.06. The van der Waals surface area contributed by atoms with Crippen molar-refractivity contribution in [3.8, 4) is 5.75 Å². The van der Waals surface area contributed by atoms with Gasteiger partial charge in [-0.15, -0.1) is 0 Å². The van der Waals surface area contributed by atoms with Gasteiger partial charge in [-0.05, 0) is 49.6 Å². The van der Waals surface area contributed by atoms with Crippen molar-refractivity contribution >= 4 is 10.9 Å². The molecule has 1 fully saturated rings. The van der Waals surface area contributed by atoms with E-state index in [4.69, 9.17) is 9.47 Å². The first-order chi connectivity index (χ1) is 14.1. The molecule has 0 unspecified atom stereocenters. The number of halogens is 1. The number of fused-ring (bicyclic) bond motifs is 3. The Labute approximate surface area is 170 Å². The smallest absolute Gasteiger partial charge is 0.169 e. The van der Waals surface area contributed by atoms with Gasteiger partial charge in [0, 0.05) is 29.2 Å². The van der Waals surface area contributed by atoms with Crippen LogP contribution in [0.15, 0.2) is 48.5 Å². The summed E-state index contributed by atoms with van der Waals surface area (Å²) in [5.74, 6) is 0.850. The molecule has 1 saturated heterocycles. The van der Waals surface area contributed by atoms with Crippen LogP contribution in [0.2, 0.25) is 0 Å². The van der Waals surface area contributed by atoms with Gasteiger partial charge in [0.1, 0.15) is 5.75 Å². The van der Waals surface area contributed by atoms with E-state index in [0.29, 0.717) is 13.2 Å². The number of rotatable bonds is 5. The zero-order valence-corrected chi connectivity index (χ0v) is 17.0. The minimum atomic E-state index is -1.27. The summed E-state index contributed by atoms with van der Waals surface area (Å²) in [6.07, 6.45) is 0.901. The molecule has 3 heterocycles. The third-order valence-corrected chi connectivity index (χ3v) is 6.19. The molecular weight excluding hydrogens is 367 g/mol. The fourth-order valence-corrected chi connectivity index (χ4v) is 4.80. The molecule has 1 aromatic heterocycles. The van der Waals surface area contributed by atoms with Gasteiger partial charge in [0.25, 0.3) is 0 Å².